The molecule has 0 aromatic heterocycles. The normalized spacial score (nSPS) is 23.0. The highest BCUT2D eigenvalue weighted by Crippen LogP contribution is 2.35. The molecular weight excluding hydrogens is 265 g/mol. The lowest BCUT2D eigenvalue weighted by Crippen LogP contribution is -2.36. The van der Waals surface area contributed by atoms with E-state index in [0.717, 1.165) is 6.54 Å². The van der Waals surface area contributed by atoms with E-state index in [2.05, 4.69) is 19.2 Å². The van der Waals surface area contributed by atoms with E-state index < -0.39 is 0 Å². The van der Waals surface area contributed by atoms with Gasteiger partial charge in [0.25, 0.3) is 0 Å². The average molecular weight is 286 g/mol. The Balaban J connectivity index is 1.89. The zero-order chi connectivity index (χ0) is 13.2. The van der Waals surface area contributed by atoms with Crippen LogP contribution in [0.25, 0.3) is 0 Å². The first kappa shape index (κ1) is 14.2. The quantitative estimate of drug-likeness (QED) is 0.819. The molecular formula is C15H21Cl2N. The number of benzene rings is 1. The molecule has 0 bridgehead atoms. The summed E-state index contributed by atoms with van der Waals surface area (Å²) in [6.07, 6.45) is 5.21. The van der Waals surface area contributed by atoms with Gasteiger partial charge in [-0.2, -0.15) is 0 Å². The summed E-state index contributed by atoms with van der Waals surface area (Å²) in [6.45, 7) is 5.59. The fourth-order valence-electron chi connectivity index (χ4n) is 2.78. The predicted octanol–water partition coefficient (Wildman–Crippen LogP) is 5.05. The van der Waals surface area contributed by atoms with Gasteiger partial charge in [-0.05, 0) is 42.4 Å². The summed E-state index contributed by atoms with van der Waals surface area (Å²) < 4.78 is 0. The van der Waals surface area contributed by atoms with Crippen LogP contribution in [0.2, 0.25) is 10.0 Å². The van der Waals surface area contributed by atoms with Gasteiger partial charge in [-0.3, -0.25) is 0 Å². The Morgan fingerprint density at radius 2 is 2.06 bits per heavy atom. The Kier molecular flexibility index (Phi) is 4.58. The number of hydrogen-bond acceptors (Lipinski definition) is 1. The molecule has 18 heavy (non-hydrogen) atoms. The van der Waals surface area contributed by atoms with Gasteiger partial charge in [0.15, 0.2) is 0 Å². The standard InChI is InChI=1S/C15H21Cl2N/c1-15(2)7-3-4-12(9-15)18-10-11-5-6-13(16)14(17)8-11/h5-6,8,12,18H,3-4,7,9-10H2,1-2H3. The van der Waals surface area contributed by atoms with Gasteiger partial charge in [-0.25, -0.2) is 0 Å². The Morgan fingerprint density at radius 3 is 2.72 bits per heavy atom. The van der Waals surface area contributed by atoms with Crippen molar-refractivity contribution in [3.63, 3.8) is 0 Å². The van der Waals surface area contributed by atoms with Gasteiger partial charge in [0.05, 0.1) is 10.0 Å². The number of hydrogen-bond donors (Lipinski definition) is 1. The lowest BCUT2D eigenvalue weighted by molar-refractivity contribution is 0.198. The van der Waals surface area contributed by atoms with E-state index in [-0.39, 0.29) is 0 Å². The molecule has 1 atom stereocenters. The third-order valence-electron chi connectivity index (χ3n) is 3.78. The van der Waals surface area contributed by atoms with Crippen molar-refractivity contribution in [3.05, 3.63) is 33.8 Å². The van der Waals surface area contributed by atoms with Crippen LogP contribution >= 0.6 is 23.2 Å². The maximum absolute atomic E-state index is 6.02. The van der Waals surface area contributed by atoms with E-state index in [1.54, 1.807) is 0 Å². The van der Waals surface area contributed by atoms with Crippen LogP contribution in [0.1, 0.15) is 45.1 Å². The van der Waals surface area contributed by atoms with Crippen LogP contribution < -0.4 is 5.32 Å². The molecule has 0 aliphatic heterocycles. The monoisotopic (exact) mass is 285 g/mol. The SMILES string of the molecule is CC1(C)CCCC(NCc2ccc(Cl)c(Cl)c2)C1. The largest absolute Gasteiger partial charge is 0.310 e. The van der Waals surface area contributed by atoms with Crippen LogP contribution in [0.3, 0.4) is 0 Å². The molecule has 100 valence electrons. The van der Waals surface area contributed by atoms with Crippen molar-refractivity contribution in [1.29, 1.82) is 0 Å². The lowest BCUT2D eigenvalue weighted by Gasteiger charge is -2.35. The van der Waals surface area contributed by atoms with Crippen LogP contribution in [0, 0.1) is 5.41 Å². The molecule has 0 spiro atoms. The molecule has 1 aliphatic carbocycles. The van der Waals surface area contributed by atoms with Gasteiger partial charge in [-0.1, -0.05) is 49.5 Å². The minimum absolute atomic E-state index is 0.480. The fraction of sp³-hybridized carbons (Fsp3) is 0.600. The summed E-state index contributed by atoms with van der Waals surface area (Å²) in [4.78, 5) is 0. The molecule has 0 amide bonds. The van der Waals surface area contributed by atoms with Crippen LogP contribution in [0.15, 0.2) is 18.2 Å². The molecule has 1 aliphatic rings. The van der Waals surface area contributed by atoms with Gasteiger partial charge in [0.2, 0.25) is 0 Å². The van der Waals surface area contributed by atoms with Crippen molar-refractivity contribution in [2.24, 2.45) is 5.41 Å². The van der Waals surface area contributed by atoms with Crippen LogP contribution in [-0.2, 0) is 6.54 Å². The van der Waals surface area contributed by atoms with E-state index in [1.807, 2.05) is 18.2 Å². The van der Waals surface area contributed by atoms with Crippen LogP contribution in [0.5, 0.6) is 0 Å². The average Bonchev–Trinajstić information content (AvgIpc) is 2.29. The third-order valence-corrected chi connectivity index (χ3v) is 4.52. The van der Waals surface area contributed by atoms with Gasteiger partial charge >= 0.3 is 0 Å². The first-order chi connectivity index (χ1) is 8.46. The second kappa shape index (κ2) is 5.81. The second-order valence-corrected chi connectivity index (χ2v) is 6.90. The molecule has 1 fully saturated rings. The van der Waals surface area contributed by atoms with Gasteiger partial charge in [0, 0.05) is 12.6 Å². The smallest absolute Gasteiger partial charge is 0.0595 e. The fourth-order valence-corrected chi connectivity index (χ4v) is 3.10. The zero-order valence-corrected chi connectivity index (χ0v) is 12.6. The van der Waals surface area contributed by atoms with E-state index in [1.165, 1.54) is 31.2 Å². The molecule has 0 radical (unpaired) electrons. The highest BCUT2D eigenvalue weighted by atomic mass is 35.5. The molecule has 1 aromatic carbocycles. The predicted molar refractivity (Wildman–Crippen MR) is 79.3 cm³/mol. The Labute approximate surface area is 120 Å². The van der Waals surface area contributed by atoms with Crippen molar-refractivity contribution in [2.45, 2.75) is 52.1 Å². The molecule has 3 heteroatoms. The van der Waals surface area contributed by atoms with Crippen molar-refractivity contribution >= 4 is 23.2 Å². The molecule has 0 heterocycles. The first-order valence-corrected chi connectivity index (χ1v) is 7.39. The summed E-state index contributed by atoms with van der Waals surface area (Å²) in [6, 6.07) is 6.48. The van der Waals surface area contributed by atoms with E-state index in [4.69, 9.17) is 23.2 Å². The summed E-state index contributed by atoms with van der Waals surface area (Å²) in [5, 5.41) is 4.90. The summed E-state index contributed by atoms with van der Waals surface area (Å²) in [5.74, 6) is 0. The molecule has 1 N–H and O–H groups in total. The summed E-state index contributed by atoms with van der Waals surface area (Å²) in [7, 11) is 0. The zero-order valence-electron chi connectivity index (χ0n) is 11.1. The van der Waals surface area contributed by atoms with E-state index in [9.17, 15) is 0 Å². The van der Waals surface area contributed by atoms with Crippen molar-refractivity contribution in [3.8, 4) is 0 Å². The second-order valence-electron chi connectivity index (χ2n) is 6.09. The Bertz CT molecular complexity index is 415. The van der Waals surface area contributed by atoms with Crippen LogP contribution in [0.4, 0.5) is 0 Å². The highest BCUT2D eigenvalue weighted by molar-refractivity contribution is 6.42. The highest BCUT2D eigenvalue weighted by Gasteiger charge is 2.27. The first-order valence-electron chi connectivity index (χ1n) is 6.64. The number of nitrogens with one attached hydrogen (secondary N) is 1. The van der Waals surface area contributed by atoms with Crippen LogP contribution in [-0.4, -0.2) is 6.04 Å². The topological polar surface area (TPSA) is 12.0 Å². The summed E-state index contributed by atoms with van der Waals surface area (Å²) in [5.41, 5.74) is 1.68. The Hall–Kier alpha value is -0.240. The Morgan fingerprint density at radius 1 is 1.28 bits per heavy atom. The van der Waals surface area contributed by atoms with Gasteiger partial charge in [-0.15, -0.1) is 0 Å². The minimum Gasteiger partial charge on any atom is -0.310 e. The van der Waals surface area contributed by atoms with Crippen molar-refractivity contribution < 1.29 is 0 Å². The molecule has 1 saturated carbocycles. The maximum Gasteiger partial charge on any atom is 0.0595 e. The molecule has 1 unspecified atom stereocenters. The molecule has 1 aromatic rings. The maximum atomic E-state index is 6.02. The summed E-state index contributed by atoms with van der Waals surface area (Å²) >= 11 is 11.9. The van der Waals surface area contributed by atoms with Gasteiger partial charge in [0.1, 0.15) is 0 Å². The number of halogens is 2. The van der Waals surface area contributed by atoms with E-state index in [0.29, 0.717) is 21.5 Å². The van der Waals surface area contributed by atoms with Gasteiger partial charge < -0.3 is 5.32 Å². The molecule has 0 saturated heterocycles. The molecule has 2 rings (SSSR count). The van der Waals surface area contributed by atoms with Crippen molar-refractivity contribution in [1.82, 2.24) is 5.32 Å². The van der Waals surface area contributed by atoms with Crippen molar-refractivity contribution in [2.75, 3.05) is 0 Å². The lowest BCUT2D eigenvalue weighted by atomic mass is 9.75. The third kappa shape index (κ3) is 3.88. The number of rotatable bonds is 3. The molecule has 1 nitrogen and oxygen atoms in total. The minimum atomic E-state index is 0.480. The van der Waals surface area contributed by atoms with E-state index >= 15 is 0 Å².